The van der Waals surface area contributed by atoms with Gasteiger partial charge in [-0.1, -0.05) is 0 Å². The average molecular weight is 265 g/mol. The van der Waals surface area contributed by atoms with Crippen LogP contribution in [0.2, 0.25) is 0 Å². The lowest BCUT2D eigenvalue weighted by Crippen LogP contribution is -2.49. The molecule has 1 atom stereocenters. The number of aliphatic hydroxyl groups excluding tert-OH is 1. The Bertz CT molecular complexity index is 470. The van der Waals surface area contributed by atoms with E-state index in [1.54, 1.807) is 24.3 Å². The van der Waals surface area contributed by atoms with Crippen molar-refractivity contribution in [3.05, 3.63) is 29.8 Å². The average Bonchev–Trinajstić information content (AvgIpc) is 2.47. The number of ether oxygens (including phenoxy) is 2. The van der Waals surface area contributed by atoms with Gasteiger partial charge in [-0.2, -0.15) is 0 Å². The van der Waals surface area contributed by atoms with Gasteiger partial charge in [0.05, 0.1) is 25.9 Å². The highest BCUT2D eigenvalue weighted by molar-refractivity contribution is 5.98. The van der Waals surface area contributed by atoms with E-state index in [-0.39, 0.29) is 12.5 Å². The fourth-order valence-electron chi connectivity index (χ4n) is 1.92. The molecule has 1 heterocycles. The van der Waals surface area contributed by atoms with E-state index in [1.807, 2.05) is 0 Å². The van der Waals surface area contributed by atoms with Crippen molar-refractivity contribution in [3.8, 4) is 0 Å². The predicted octanol–water partition coefficient (Wildman–Crippen LogP) is 0.197. The maximum absolute atomic E-state index is 12.0. The van der Waals surface area contributed by atoms with Crippen molar-refractivity contribution in [1.82, 2.24) is 0 Å². The Morgan fingerprint density at radius 2 is 2.16 bits per heavy atom. The van der Waals surface area contributed by atoms with Crippen molar-refractivity contribution in [2.75, 3.05) is 31.8 Å². The molecule has 19 heavy (non-hydrogen) atoms. The quantitative estimate of drug-likeness (QED) is 0.790. The number of hydrogen-bond acceptors (Lipinski definition) is 5. The largest absolute Gasteiger partial charge is 0.465 e. The summed E-state index contributed by atoms with van der Waals surface area (Å²) < 4.78 is 9.76. The van der Waals surface area contributed by atoms with Crippen LogP contribution < -0.4 is 4.90 Å². The van der Waals surface area contributed by atoms with Crippen LogP contribution in [-0.4, -0.2) is 50.0 Å². The van der Waals surface area contributed by atoms with Gasteiger partial charge in [-0.3, -0.25) is 4.79 Å². The fourth-order valence-corrected chi connectivity index (χ4v) is 1.92. The zero-order chi connectivity index (χ0) is 13.8. The smallest absolute Gasteiger partial charge is 0.337 e. The summed E-state index contributed by atoms with van der Waals surface area (Å²) in [5.74, 6) is -0.701. The Morgan fingerprint density at radius 3 is 2.74 bits per heavy atom. The van der Waals surface area contributed by atoms with E-state index in [0.29, 0.717) is 24.4 Å². The molecular formula is C13H15NO5. The lowest BCUT2D eigenvalue weighted by molar-refractivity contribution is -0.136. The standard InChI is InChI=1S/C13H15NO5/c1-18-13(17)9-2-4-10(5-3-9)14-6-7-19-11(8-15)12(14)16/h2-5,11,15H,6-8H2,1H3. The van der Waals surface area contributed by atoms with Crippen LogP contribution in [0.5, 0.6) is 0 Å². The summed E-state index contributed by atoms with van der Waals surface area (Å²) >= 11 is 0. The first-order chi connectivity index (χ1) is 9.17. The number of hydrogen-bond donors (Lipinski definition) is 1. The highest BCUT2D eigenvalue weighted by Crippen LogP contribution is 2.19. The number of carbonyl (C=O) groups is 2. The molecule has 0 saturated carbocycles. The maximum atomic E-state index is 12.0. The SMILES string of the molecule is COC(=O)c1ccc(N2CCOC(CO)C2=O)cc1. The zero-order valence-corrected chi connectivity index (χ0v) is 10.5. The lowest BCUT2D eigenvalue weighted by atomic mass is 10.1. The van der Waals surface area contributed by atoms with E-state index in [9.17, 15) is 9.59 Å². The summed E-state index contributed by atoms with van der Waals surface area (Å²) in [6.07, 6.45) is -0.811. The second-order valence-corrected chi connectivity index (χ2v) is 4.07. The number of benzene rings is 1. The Kier molecular flexibility index (Phi) is 4.13. The molecule has 1 fully saturated rings. The number of esters is 1. The third-order valence-electron chi connectivity index (χ3n) is 2.94. The predicted molar refractivity (Wildman–Crippen MR) is 67.0 cm³/mol. The molecule has 0 bridgehead atoms. The molecular weight excluding hydrogens is 250 g/mol. The van der Waals surface area contributed by atoms with Gasteiger partial charge in [0.15, 0.2) is 6.10 Å². The molecule has 1 saturated heterocycles. The maximum Gasteiger partial charge on any atom is 0.337 e. The number of anilines is 1. The van der Waals surface area contributed by atoms with E-state index >= 15 is 0 Å². The molecule has 1 unspecified atom stereocenters. The molecule has 0 aliphatic carbocycles. The van der Waals surface area contributed by atoms with Crippen molar-refractivity contribution < 1.29 is 24.2 Å². The van der Waals surface area contributed by atoms with Crippen LogP contribution in [-0.2, 0) is 14.3 Å². The van der Waals surface area contributed by atoms with Gasteiger partial charge in [0.2, 0.25) is 0 Å². The van der Waals surface area contributed by atoms with Gasteiger partial charge in [0.1, 0.15) is 0 Å². The summed E-state index contributed by atoms with van der Waals surface area (Å²) in [5, 5.41) is 9.04. The van der Waals surface area contributed by atoms with Gasteiger partial charge < -0.3 is 19.5 Å². The van der Waals surface area contributed by atoms with Crippen molar-refractivity contribution in [2.45, 2.75) is 6.10 Å². The second-order valence-electron chi connectivity index (χ2n) is 4.07. The molecule has 1 aliphatic rings. The third-order valence-corrected chi connectivity index (χ3v) is 2.94. The van der Waals surface area contributed by atoms with Gasteiger partial charge >= 0.3 is 5.97 Å². The molecule has 2 rings (SSSR count). The molecule has 1 aromatic carbocycles. The number of amides is 1. The molecule has 0 radical (unpaired) electrons. The minimum Gasteiger partial charge on any atom is -0.465 e. The van der Waals surface area contributed by atoms with Crippen molar-refractivity contribution >= 4 is 17.6 Å². The molecule has 6 heteroatoms. The first kappa shape index (κ1) is 13.5. The summed E-state index contributed by atoms with van der Waals surface area (Å²) in [5.41, 5.74) is 1.09. The monoisotopic (exact) mass is 265 g/mol. The number of carbonyl (C=O) groups excluding carboxylic acids is 2. The first-order valence-corrected chi connectivity index (χ1v) is 5.89. The highest BCUT2D eigenvalue weighted by atomic mass is 16.5. The number of nitrogens with zero attached hydrogens (tertiary/aromatic N) is 1. The fraction of sp³-hybridized carbons (Fsp3) is 0.385. The Balaban J connectivity index is 2.17. The Hall–Kier alpha value is -1.92. The van der Waals surface area contributed by atoms with Gasteiger partial charge in [-0.25, -0.2) is 4.79 Å². The van der Waals surface area contributed by atoms with Crippen LogP contribution in [0.1, 0.15) is 10.4 Å². The summed E-state index contributed by atoms with van der Waals surface area (Å²) in [6, 6.07) is 6.53. The van der Waals surface area contributed by atoms with Crippen LogP contribution in [0.4, 0.5) is 5.69 Å². The lowest BCUT2D eigenvalue weighted by Gasteiger charge is -2.31. The summed E-state index contributed by atoms with van der Waals surface area (Å²) in [6.45, 7) is 0.457. The van der Waals surface area contributed by atoms with E-state index in [4.69, 9.17) is 9.84 Å². The van der Waals surface area contributed by atoms with E-state index < -0.39 is 12.1 Å². The van der Waals surface area contributed by atoms with Gasteiger partial charge in [0, 0.05) is 12.2 Å². The van der Waals surface area contributed by atoms with Crippen molar-refractivity contribution in [2.24, 2.45) is 0 Å². The number of aliphatic hydroxyl groups is 1. The van der Waals surface area contributed by atoms with Crippen LogP contribution >= 0.6 is 0 Å². The zero-order valence-electron chi connectivity index (χ0n) is 10.5. The molecule has 1 aromatic rings. The Morgan fingerprint density at radius 1 is 1.47 bits per heavy atom. The van der Waals surface area contributed by atoms with E-state index in [0.717, 1.165) is 0 Å². The molecule has 0 aromatic heterocycles. The third kappa shape index (κ3) is 2.74. The topological polar surface area (TPSA) is 76.1 Å². The highest BCUT2D eigenvalue weighted by Gasteiger charge is 2.29. The number of rotatable bonds is 3. The van der Waals surface area contributed by atoms with Crippen molar-refractivity contribution in [1.29, 1.82) is 0 Å². The van der Waals surface area contributed by atoms with Crippen LogP contribution in [0.3, 0.4) is 0 Å². The molecule has 1 aliphatic heterocycles. The van der Waals surface area contributed by atoms with Crippen LogP contribution in [0.15, 0.2) is 24.3 Å². The van der Waals surface area contributed by atoms with E-state index in [1.165, 1.54) is 12.0 Å². The van der Waals surface area contributed by atoms with E-state index in [2.05, 4.69) is 4.74 Å². The molecule has 0 spiro atoms. The second kappa shape index (κ2) is 5.81. The molecule has 6 nitrogen and oxygen atoms in total. The molecule has 102 valence electrons. The molecule has 1 N–H and O–H groups in total. The first-order valence-electron chi connectivity index (χ1n) is 5.89. The Labute approximate surface area is 110 Å². The summed E-state index contributed by atoms with van der Waals surface area (Å²) in [4.78, 5) is 24.8. The summed E-state index contributed by atoms with van der Waals surface area (Å²) in [7, 11) is 1.31. The van der Waals surface area contributed by atoms with Gasteiger partial charge in [-0.05, 0) is 24.3 Å². The number of methoxy groups -OCH3 is 1. The van der Waals surface area contributed by atoms with Crippen LogP contribution in [0, 0.1) is 0 Å². The van der Waals surface area contributed by atoms with Crippen molar-refractivity contribution in [3.63, 3.8) is 0 Å². The minimum absolute atomic E-state index is 0.278. The molecule has 1 amide bonds. The van der Waals surface area contributed by atoms with Gasteiger partial charge in [0.25, 0.3) is 5.91 Å². The van der Waals surface area contributed by atoms with Gasteiger partial charge in [-0.15, -0.1) is 0 Å². The normalized spacial score (nSPS) is 19.4. The van der Waals surface area contributed by atoms with Crippen LogP contribution in [0.25, 0.3) is 0 Å². The number of morpholine rings is 1. The minimum atomic E-state index is -0.811.